The van der Waals surface area contributed by atoms with Gasteiger partial charge >= 0.3 is 0 Å². The predicted octanol–water partition coefficient (Wildman–Crippen LogP) is 12.0. The molecule has 0 unspecified atom stereocenters. The Hall–Kier alpha value is -6.28. The molecule has 10 rings (SSSR count). The molecule has 7 aromatic carbocycles. The lowest BCUT2D eigenvalue weighted by Gasteiger charge is -2.13. The number of rotatable bonds is 3. The third kappa shape index (κ3) is 4.02. The van der Waals surface area contributed by atoms with Crippen molar-refractivity contribution in [3.8, 4) is 39.6 Å². The van der Waals surface area contributed by atoms with Crippen LogP contribution in [0.5, 0.6) is 0 Å². The fourth-order valence-electron chi connectivity index (χ4n) is 7.29. The molecule has 0 aliphatic rings. The van der Waals surface area contributed by atoms with E-state index in [0.29, 0.717) is 5.56 Å². The van der Waals surface area contributed by atoms with Crippen molar-refractivity contribution in [2.24, 2.45) is 0 Å². The average molecular weight is 628 g/mol. The molecule has 0 spiro atoms. The Kier molecular flexibility index (Phi) is 5.81. The molecule has 0 aliphatic heterocycles. The Morgan fingerprint density at radius 2 is 1.15 bits per heavy atom. The highest BCUT2D eigenvalue weighted by Crippen LogP contribution is 2.42. The number of benzene rings is 7. The molecule has 3 heterocycles. The number of fused-ring (bicyclic) bond motifs is 9. The largest absolute Gasteiger partial charge is 0.291 e. The van der Waals surface area contributed by atoms with Crippen LogP contribution < -0.4 is 0 Å². The third-order valence-electron chi connectivity index (χ3n) is 9.62. The van der Waals surface area contributed by atoms with E-state index in [1.807, 2.05) is 35.6 Å². The van der Waals surface area contributed by atoms with Gasteiger partial charge in [-0.3, -0.25) is 4.40 Å². The fraction of sp³-hybridized carbons (Fsp3) is 0. The molecular weight excluding hydrogens is 603 g/mol. The van der Waals surface area contributed by atoms with E-state index in [1.54, 1.807) is 0 Å². The molecule has 3 aromatic heterocycles. The van der Waals surface area contributed by atoms with E-state index in [9.17, 15) is 5.26 Å². The van der Waals surface area contributed by atoms with Crippen molar-refractivity contribution < 1.29 is 0 Å². The highest BCUT2D eigenvalue weighted by atomic mass is 32.1. The monoisotopic (exact) mass is 627 g/mol. The summed E-state index contributed by atoms with van der Waals surface area (Å²) in [4.78, 5) is 5.19. The lowest BCUT2D eigenvalue weighted by atomic mass is 9.91. The number of hydrogen-bond acceptors (Lipinski definition) is 3. The van der Waals surface area contributed by atoms with Gasteiger partial charge in [0.25, 0.3) is 0 Å². The number of aromatic nitrogens is 2. The highest BCUT2D eigenvalue weighted by molar-refractivity contribution is 7.26. The summed E-state index contributed by atoms with van der Waals surface area (Å²) in [6.07, 6.45) is 0. The minimum Gasteiger partial charge on any atom is -0.291 e. The zero-order valence-corrected chi connectivity index (χ0v) is 26.5. The second-order valence-corrected chi connectivity index (χ2v) is 13.4. The van der Waals surface area contributed by atoms with Crippen LogP contribution in [0.25, 0.3) is 91.9 Å². The molecule has 10 aromatic rings. The van der Waals surface area contributed by atoms with Gasteiger partial charge in [0.15, 0.2) is 5.65 Å². The summed E-state index contributed by atoms with van der Waals surface area (Å²) in [6.45, 7) is 0. The van der Waals surface area contributed by atoms with Crippen LogP contribution >= 0.6 is 11.3 Å². The highest BCUT2D eigenvalue weighted by Gasteiger charge is 2.18. The summed E-state index contributed by atoms with van der Waals surface area (Å²) in [6, 6.07) is 56.1. The summed E-state index contributed by atoms with van der Waals surface area (Å²) in [5.74, 6) is 0. The first kappa shape index (κ1) is 26.9. The molecule has 0 N–H and O–H groups in total. The number of para-hydroxylation sites is 2. The summed E-state index contributed by atoms with van der Waals surface area (Å²) in [5, 5.41) is 16.7. The number of hydrogen-bond donors (Lipinski definition) is 0. The van der Waals surface area contributed by atoms with Gasteiger partial charge in [0.2, 0.25) is 0 Å². The summed E-state index contributed by atoms with van der Waals surface area (Å²) < 4.78 is 4.83. The van der Waals surface area contributed by atoms with Crippen LogP contribution in [0.1, 0.15) is 5.56 Å². The second kappa shape index (κ2) is 10.4. The van der Waals surface area contributed by atoms with Crippen molar-refractivity contribution in [3.05, 3.63) is 157 Å². The summed E-state index contributed by atoms with van der Waals surface area (Å²) >= 11 is 1.83. The Morgan fingerprint density at radius 3 is 1.85 bits per heavy atom. The zero-order chi connectivity index (χ0) is 31.8. The lowest BCUT2D eigenvalue weighted by Crippen LogP contribution is -1.93. The van der Waals surface area contributed by atoms with Crippen LogP contribution in [0.2, 0.25) is 0 Å². The summed E-state index contributed by atoms with van der Waals surface area (Å²) in [5.41, 5.74) is 10.7. The number of thiophene rings is 1. The molecule has 4 heteroatoms. The minimum atomic E-state index is 0.667. The summed E-state index contributed by atoms with van der Waals surface area (Å²) in [7, 11) is 0. The maximum absolute atomic E-state index is 9.27. The third-order valence-corrected chi connectivity index (χ3v) is 10.8. The van der Waals surface area contributed by atoms with E-state index in [2.05, 4.69) is 138 Å². The standard InChI is InChI=1S/C44H25N3S/c45-26-27-13-15-28(16-14-27)33-21-22-34(36-10-4-3-9-35(33)36)29-17-19-30(20-18-29)41-25-38-37-23-31-7-1-2-8-32(31)24-42(37)48-43(38)44-46-39-11-5-6-12-40(39)47(41)44/h1-25H. The normalized spacial score (nSPS) is 11.7. The molecule has 48 heavy (non-hydrogen) atoms. The van der Waals surface area contributed by atoms with Gasteiger partial charge in [-0.2, -0.15) is 5.26 Å². The van der Waals surface area contributed by atoms with Crippen LogP contribution in [0.15, 0.2) is 152 Å². The Morgan fingerprint density at radius 1 is 0.542 bits per heavy atom. The molecule has 0 bridgehead atoms. The van der Waals surface area contributed by atoms with Crippen LogP contribution in [0.3, 0.4) is 0 Å². The van der Waals surface area contributed by atoms with Gasteiger partial charge in [0.05, 0.1) is 33.1 Å². The van der Waals surface area contributed by atoms with Gasteiger partial charge in [-0.25, -0.2) is 4.98 Å². The van der Waals surface area contributed by atoms with Gasteiger partial charge in [-0.15, -0.1) is 11.3 Å². The smallest absolute Gasteiger partial charge is 0.156 e. The maximum Gasteiger partial charge on any atom is 0.156 e. The molecule has 3 nitrogen and oxygen atoms in total. The van der Waals surface area contributed by atoms with Crippen molar-refractivity contribution in [2.45, 2.75) is 0 Å². The van der Waals surface area contributed by atoms with Crippen molar-refractivity contribution in [1.82, 2.24) is 9.38 Å². The average Bonchev–Trinajstić information content (AvgIpc) is 3.72. The van der Waals surface area contributed by atoms with Crippen LogP contribution in [-0.2, 0) is 0 Å². The van der Waals surface area contributed by atoms with Crippen LogP contribution in [-0.4, -0.2) is 9.38 Å². The van der Waals surface area contributed by atoms with Gasteiger partial charge in [-0.1, -0.05) is 109 Å². The quantitative estimate of drug-likeness (QED) is 0.196. The first-order valence-electron chi connectivity index (χ1n) is 16.0. The molecule has 0 atom stereocenters. The van der Waals surface area contributed by atoms with E-state index in [0.717, 1.165) is 39.1 Å². The van der Waals surface area contributed by atoms with Crippen molar-refractivity contribution in [1.29, 1.82) is 5.26 Å². The van der Waals surface area contributed by atoms with Gasteiger partial charge in [0, 0.05) is 15.5 Å². The predicted molar refractivity (Wildman–Crippen MR) is 202 cm³/mol. The minimum absolute atomic E-state index is 0.667. The number of pyridine rings is 1. The van der Waals surface area contributed by atoms with E-state index in [4.69, 9.17) is 4.98 Å². The Labute approximate surface area is 280 Å². The molecule has 0 fully saturated rings. The SMILES string of the molecule is N#Cc1ccc(-c2ccc(-c3ccc(-c4cc5c6cc7ccccc7cc6sc5c5nc6ccccc6n45)cc3)c3ccccc23)cc1. The maximum atomic E-state index is 9.27. The topological polar surface area (TPSA) is 41.1 Å². The van der Waals surface area contributed by atoms with Crippen LogP contribution in [0.4, 0.5) is 0 Å². The van der Waals surface area contributed by atoms with E-state index in [1.165, 1.54) is 52.8 Å². The fourth-order valence-corrected chi connectivity index (χ4v) is 8.49. The molecule has 0 amide bonds. The van der Waals surface area contributed by atoms with Crippen LogP contribution in [0, 0.1) is 11.3 Å². The first-order chi connectivity index (χ1) is 23.7. The second-order valence-electron chi connectivity index (χ2n) is 12.3. The van der Waals surface area contributed by atoms with Gasteiger partial charge in [-0.05, 0) is 91.8 Å². The molecule has 222 valence electrons. The Balaban J connectivity index is 1.16. The Bertz CT molecular complexity index is 2940. The number of nitriles is 1. The number of imidazole rings is 1. The first-order valence-corrected chi connectivity index (χ1v) is 16.8. The van der Waals surface area contributed by atoms with E-state index >= 15 is 0 Å². The van der Waals surface area contributed by atoms with Crippen molar-refractivity contribution in [2.75, 3.05) is 0 Å². The van der Waals surface area contributed by atoms with Gasteiger partial charge in [0.1, 0.15) is 0 Å². The molecule has 0 saturated carbocycles. The van der Waals surface area contributed by atoms with E-state index in [-0.39, 0.29) is 0 Å². The molecule has 0 aliphatic carbocycles. The van der Waals surface area contributed by atoms with Crippen molar-refractivity contribution in [3.63, 3.8) is 0 Å². The molecule has 0 radical (unpaired) electrons. The van der Waals surface area contributed by atoms with E-state index < -0.39 is 0 Å². The number of nitrogens with zero attached hydrogens (tertiary/aromatic N) is 3. The molecular formula is C44H25N3S. The van der Waals surface area contributed by atoms with Crippen molar-refractivity contribution >= 4 is 69.7 Å². The zero-order valence-electron chi connectivity index (χ0n) is 25.7. The van der Waals surface area contributed by atoms with Gasteiger partial charge < -0.3 is 0 Å². The lowest BCUT2D eigenvalue weighted by molar-refractivity contribution is 1.25. The molecule has 0 saturated heterocycles.